The number of carbonyl (C=O) groups is 1. The first-order valence-corrected chi connectivity index (χ1v) is 6.05. The molecule has 0 aromatic heterocycles. The fourth-order valence-electron chi connectivity index (χ4n) is 1.55. The highest BCUT2D eigenvalue weighted by Crippen LogP contribution is 2.25. The third-order valence-corrected chi connectivity index (χ3v) is 2.53. The lowest BCUT2D eigenvalue weighted by Crippen LogP contribution is -2.28. The van der Waals surface area contributed by atoms with Crippen molar-refractivity contribution in [2.75, 3.05) is 25.6 Å². The molecule has 0 saturated carbocycles. The minimum absolute atomic E-state index is 0.135. The second-order valence-corrected chi connectivity index (χ2v) is 3.92. The van der Waals surface area contributed by atoms with Crippen LogP contribution in [0.15, 0.2) is 18.2 Å². The van der Waals surface area contributed by atoms with Gasteiger partial charge in [-0.2, -0.15) is 0 Å². The molecule has 1 aromatic carbocycles. The smallest absolute Gasteiger partial charge is 0.227 e. The van der Waals surface area contributed by atoms with Gasteiger partial charge in [0.2, 0.25) is 5.91 Å². The average molecular weight is 270 g/mol. The number of halogens is 1. The summed E-state index contributed by atoms with van der Waals surface area (Å²) < 4.78 is 23.4. The summed E-state index contributed by atoms with van der Waals surface area (Å²) in [4.78, 5) is 11.8. The summed E-state index contributed by atoms with van der Waals surface area (Å²) in [5, 5.41) is 2.66. The molecule has 1 rings (SSSR count). The topological polar surface area (TPSA) is 73.6 Å². The number of rotatable bonds is 7. The average Bonchev–Trinajstić information content (AvgIpc) is 2.39. The van der Waals surface area contributed by atoms with Crippen molar-refractivity contribution in [3.63, 3.8) is 0 Å². The first-order chi connectivity index (χ1) is 9.10. The van der Waals surface area contributed by atoms with Crippen LogP contribution in [0.4, 0.5) is 10.1 Å². The van der Waals surface area contributed by atoms with Gasteiger partial charge in [-0.3, -0.25) is 4.79 Å². The first-order valence-electron chi connectivity index (χ1n) is 6.05. The van der Waals surface area contributed by atoms with E-state index in [0.717, 1.165) is 0 Å². The Balaban J connectivity index is 2.72. The molecule has 0 spiro atoms. The molecule has 1 aromatic rings. The highest BCUT2D eigenvalue weighted by molar-refractivity contribution is 5.92. The van der Waals surface area contributed by atoms with Gasteiger partial charge in [0.05, 0.1) is 24.8 Å². The van der Waals surface area contributed by atoms with Crippen molar-refractivity contribution in [2.45, 2.75) is 19.4 Å². The van der Waals surface area contributed by atoms with Crippen LogP contribution < -0.4 is 15.8 Å². The van der Waals surface area contributed by atoms with E-state index < -0.39 is 5.82 Å². The third kappa shape index (κ3) is 4.84. The molecule has 5 nitrogen and oxygen atoms in total. The molecule has 1 amide bonds. The second-order valence-electron chi connectivity index (χ2n) is 3.92. The van der Waals surface area contributed by atoms with Crippen molar-refractivity contribution >= 4 is 11.6 Å². The summed E-state index contributed by atoms with van der Waals surface area (Å²) in [6.45, 7) is 2.42. The molecule has 0 heterocycles. The number of anilines is 1. The number of amides is 1. The molecule has 0 fully saturated rings. The van der Waals surface area contributed by atoms with E-state index in [0.29, 0.717) is 18.0 Å². The molecule has 0 radical (unpaired) electrons. The van der Waals surface area contributed by atoms with Crippen LogP contribution >= 0.6 is 0 Å². The highest BCUT2D eigenvalue weighted by Gasteiger charge is 2.14. The molecule has 3 N–H and O–H groups in total. The Bertz CT molecular complexity index is 422. The van der Waals surface area contributed by atoms with Crippen LogP contribution in [-0.2, 0) is 9.53 Å². The Morgan fingerprint density at radius 2 is 2.26 bits per heavy atom. The maximum absolute atomic E-state index is 13.1. The number of methoxy groups -OCH3 is 1. The van der Waals surface area contributed by atoms with E-state index >= 15 is 0 Å². The van der Waals surface area contributed by atoms with Crippen molar-refractivity contribution in [3.8, 4) is 5.75 Å². The third-order valence-electron chi connectivity index (χ3n) is 2.53. The van der Waals surface area contributed by atoms with E-state index in [9.17, 15) is 9.18 Å². The number of benzene rings is 1. The fourth-order valence-corrected chi connectivity index (χ4v) is 1.55. The van der Waals surface area contributed by atoms with Gasteiger partial charge in [0.15, 0.2) is 0 Å². The van der Waals surface area contributed by atoms with Crippen LogP contribution in [0.25, 0.3) is 0 Å². The number of nitrogens with one attached hydrogen (secondary N) is 1. The van der Waals surface area contributed by atoms with Crippen molar-refractivity contribution in [2.24, 2.45) is 5.73 Å². The molecule has 0 aliphatic rings. The van der Waals surface area contributed by atoms with Gasteiger partial charge in [-0.25, -0.2) is 4.39 Å². The Morgan fingerprint density at radius 1 is 1.53 bits per heavy atom. The van der Waals surface area contributed by atoms with E-state index in [-0.39, 0.29) is 25.0 Å². The Kier molecular flexibility index (Phi) is 6.24. The monoisotopic (exact) mass is 270 g/mol. The molecule has 0 bridgehead atoms. The van der Waals surface area contributed by atoms with Crippen LogP contribution in [0.1, 0.15) is 13.3 Å². The number of hydrogen-bond donors (Lipinski definition) is 2. The predicted octanol–water partition coefficient (Wildman–Crippen LogP) is 1.53. The normalized spacial score (nSPS) is 12.0. The van der Waals surface area contributed by atoms with E-state index in [1.807, 2.05) is 0 Å². The van der Waals surface area contributed by atoms with E-state index in [4.69, 9.17) is 15.2 Å². The van der Waals surface area contributed by atoms with Crippen LogP contribution in [-0.4, -0.2) is 32.3 Å². The van der Waals surface area contributed by atoms with Crippen molar-refractivity contribution in [1.29, 1.82) is 0 Å². The molecule has 0 saturated heterocycles. The van der Waals surface area contributed by atoms with Crippen LogP contribution in [0.3, 0.4) is 0 Å². The largest absolute Gasteiger partial charge is 0.492 e. The molecule has 19 heavy (non-hydrogen) atoms. The van der Waals surface area contributed by atoms with Crippen molar-refractivity contribution in [1.82, 2.24) is 0 Å². The molecule has 106 valence electrons. The number of ether oxygens (including phenoxy) is 2. The maximum atomic E-state index is 13.1. The molecule has 1 atom stereocenters. The standard InChI is InChI=1S/C13H19FN2O3/c1-3-19-12-6-9(14)4-5-11(12)16-13(17)7-10(8-15)18-2/h4-6,10H,3,7-8,15H2,1-2H3,(H,16,17). The second kappa shape index (κ2) is 7.70. The maximum Gasteiger partial charge on any atom is 0.227 e. The molecule has 0 aliphatic carbocycles. The van der Waals surface area contributed by atoms with E-state index in [2.05, 4.69) is 5.32 Å². The van der Waals surface area contributed by atoms with Gasteiger partial charge >= 0.3 is 0 Å². The summed E-state index contributed by atoms with van der Waals surface area (Å²) in [6.07, 6.45) is -0.202. The van der Waals surface area contributed by atoms with Gasteiger partial charge in [-0.1, -0.05) is 0 Å². The SMILES string of the molecule is CCOc1cc(F)ccc1NC(=O)CC(CN)OC. The van der Waals surface area contributed by atoms with Crippen LogP contribution in [0.5, 0.6) is 5.75 Å². The predicted molar refractivity (Wildman–Crippen MR) is 70.7 cm³/mol. The summed E-state index contributed by atoms with van der Waals surface area (Å²) in [7, 11) is 1.49. The molecule has 1 unspecified atom stereocenters. The van der Waals surface area contributed by atoms with Gasteiger partial charge in [0.25, 0.3) is 0 Å². The minimum Gasteiger partial charge on any atom is -0.492 e. The lowest BCUT2D eigenvalue weighted by Gasteiger charge is -2.14. The van der Waals surface area contributed by atoms with Gasteiger partial charge in [-0.15, -0.1) is 0 Å². The summed E-state index contributed by atoms with van der Waals surface area (Å²) >= 11 is 0. The zero-order valence-electron chi connectivity index (χ0n) is 11.1. The minimum atomic E-state index is -0.418. The number of hydrogen-bond acceptors (Lipinski definition) is 4. The quantitative estimate of drug-likeness (QED) is 0.788. The lowest BCUT2D eigenvalue weighted by molar-refractivity contribution is -0.118. The number of carbonyl (C=O) groups excluding carboxylic acids is 1. The van der Waals surface area contributed by atoms with Gasteiger partial charge < -0.3 is 20.5 Å². The summed E-state index contributed by atoms with van der Waals surface area (Å²) in [5.41, 5.74) is 5.87. The van der Waals surface area contributed by atoms with Crippen LogP contribution in [0.2, 0.25) is 0 Å². The van der Waals surface area contributed by atoms with Crippen molar-refractivity contribution in [3.05, 3.63) is 24.0 Å². The zero-order chi connectivity index (χ0) is 14.3. The van der Waals surface area contributed by atoms with E-state index in [1.54, 1.807) is 6.92 Å². The summed E-state index contributed by atoms with van der Waals surface area (Å²) in [5.74, 6) is -0.374. The lowest BCUT2D eigenvalue weighted by atomic mass is 10.2. The summed E-state index contributed by atoms with van der Waals surface area (Å²) in [6, 6.07) is 3.95. The molecular formula is C13H19FN2O3. The molecular weight excluding hydrogens is 251 g/mol. The van der Waals surface area contributed by atoms with Gasteiger partial charge in [0.1, 0.15) is 11.6 Å². The van der Waals surface area contributed by atoms with Gasteiger partial charge in [-0.05, 0) is 19.1 Å². The highest BCUT2D eigenvalue weighted by atomic mass is 19.1. The molecule has 6 heteroatoms. The molecule has 0 aliphatic heterocycles. The Labute approximate surface area is 111 Å². The Morgan fingerprint density at radius 3 is 2.84 bits per heavy atom. The Hall–Kier alpha value is -1.66. The first kappa shape index (κ1) is 15.4. The zero-order valence-corrected chi connectivity index (χ0v) is 11.1. The van der Waals surface area contributed by atoms with Crippen LogP contribution in [0, 0.1) is 5.82 Å². The number of nitrogens with two attached hydrogens (primary N) is 1. The van der Waals surface area contributed by atoms with Crippen molar-refractivity contribution < 1.29 is 18.7 Å². The van der Waals surface area contributed by atoms with Gasteiger partial charge in [0, 0.05) is 19.7 Å². The van der Waals surface area contributed by atoms with E-state index in [1.165, 1.54) is 25.3 Å². The fraction of sp³-hybridized carbons (Fsp3) is 0.462.